The minimum atomic E-state index is -4.44. The molecule has 1 amide bonds. The van der Waals surface area contributed by atoms with Crippen molar-refractivity contribution in [2.24, 2.45) is 0 Å². The first-order chi connectivity index (χ1) is 13.6. The van der Waals surface area contributed by atoms with Crippen LogP contribution in [-0.4, -0.2) is 44.0 Å². The fourth-order valence-electron chi connectivity index (χ4n) is 2.98. The standard InChI is InChI=1S/C18H19F3N2O4S2/c1-12-4-9-16(28-12)29(25,26)23-10-2-3-15(23)17(24)22-13-5-7-14(8-6-13)27-11-18(19,20)21/h4-9,15H,2-3,10-11H2,1H3,(H,22,24). The Morgan fingerprint density at radius 1 is 1.24 bits per heavy atom. The topological polar surface area (TPSA) is 75.7 Å². The maximum Gasteiger partial charge on any atom is 0.422 e. The van der Waals surface area contributed by atoms with Gasteiger partial charge in [0.25, 0.3) is 10.0 Å². The van der Waals surface area contributed by atoms with E-state index < -0.39 is 34.8 Å². The molecule has 0 aliphatic carbocycles. The monoisotopic (exact) mass is 448 g/mol. The number of anilines is 1. The largest absolute Gasteiger partial charge is 0.484 e. The van der Waals surface area contributed by atoms with Gasteiger partial charge in [0.1, 0.15) is 16.0 Å². The molecule has 158 valence electrons. The molecule has 6 nitrogen and oxygen atoms in total. The van der Waals surface area contributed by atoms with Crippen molar-refractivity contribution in [3.05, 3.63) is 41.3 Å². The van der Waals surface area contributed by atoms with Crippen LogP contribution in [0.15, 0.2) is 40.6 Å². The number of hydrogen-bond acceptors (Lipinski definition) is 5. The van der Waals surface area contributed by atoms with E-state index in [0.717, 1.165) is 16.2 Å². The van der Waals surface area contributed by atoms with Gasteiger partial charge in [-0.15, -0.1) is 11.3 Å². The summed E-state index contributed by atoms with van der Waals surface area (Å²) >= 11 is 1.15. The number of amides is 1. The van der Waals surface area contributed by atoms with Gasteiger partial charge in [0.05, 0.1) is 0 Å². The van der Waals surface area contributed by atoms with Crippen LogP contribution in [0.4, 0.5) is 18.9 Å². The maximum absolute atomic E-state index is 12.9. The Hall–Kier alpha value is -2.11. The van der Waals surface area contributed by atoms with E-state index in [9.17, 15) is 26.4 Å². The van der Waals surface area contributed by atoms with Gasteiger partial charge in [-0.05, 0) is 56.2 Å². The Morgan fingerprint density at radius 3 is 2.52 bits per heavy atom. The van der Waals surface area contributed by atoms with Crippen molar-refractivity contribution in [2.75, 3.05) is 18.5 Å². The van der Waals surface area contributed by atoms with Gasteiger partial charge >= 0.3 is 6.18 Å². The fourth-order valence-corrected chi connectivity index (χ4v) is 6.05. The highest BCUT2D eigenvalue weighted by atomic mass is 32.2. The molecule has 1 atom stereocenters. The first-order valence-corrected chi connectivity index (χ1v) is 11.0. The molecule has 1 aromatic heterocycles. The van der Waals surface area contributed by atoms with E-state index in [0.29, 0.717) is 18.5 Å². The Balaban J connectivity index is 1.67. The summed E-state index contributed by atoms with van der Waals surface area (Å²) in [5.41, 5.74) is 0.338. The molecule has 0 bridgehead atoms. The van der Waals surface area contributed by atoms with Gasteiger partial charge in [0.2, 0.25) is 5.91 Å². The average molecular weight is 448 g/mol. The lowest BCUT2D eigenvalue weighted by Gasteiger charge is -2.22. The number of ether oxygens (including phenoxy) is 1. The SMILES string of the molecule is Cc1ccc(S(=O)(=O)N2CCCC2C(=O)Nc2ccc(OCC(F)(F)F)cc2)s1. The number of thiophene rings is 1. The molecule has 0 spiro atoms. The summed E-state index contributed by atoms with van der Waals surface area (Å²) in [6.45, 7) is 0.650. The Morgan fingerprint density at radius 2 is 1.93 bits per heavy atom. The van der Waals surface area contributed by atoms with Gasteiger partial charge < -0.3 is 10.1 Å². The van der Waals surface area contributed by atoms with Crippen LogP contribution in [0, 0.1) is 6.92 Å². The summed E-state index contributed by atoms with van der Waals surface area (Å²) in [6.07, 6.45) is -3.49. The summed E-state index contributed by atoms with van der Waals surface area (Å²) in [5.74, 6) is -0.471. The van der Waals surface area contributed by atoms with Crippen LogP contribution in [-0.2, 0) is 14.8 Å². The van der Waals surface area contributed by atoms with Crippen LogP contribution in [0.2, 0.25) is 0 Å². The third-order valence-electron chi connectivity index (χ3n) is 4.31. The summed E-state index contributed by atoms with van der Waals surface area (Å²) in [4.78, 5) is 13.5. The third-order valence-corrected chi connectivity index (χ3v) is 7.69. The smallest absolute Gasteiger partial charge is 0.422 e. The second kappa shape index (κ2) is 8.33. The molecule has 2 heterocycles. The van der Waals surface area contributed by atoms with E-state index in [1.807, 2.05) is 0 Å². The molecule has 3 rings (SSSR count). The molecule has 11 heteroatoms. The number of carbonyl (C=O) groups excluding carboxylic acids is 1. The van der Waals surface area contributed by atoms with Crippen molar-refractivity contribution >= 4 is 33.0 Å². The Labute approximate surface area is 170 Å². The summed E-state index contributed by atoms with van der Waals surface area (Å²) < 4.78 is 68.3. The van der Waals surface area contributed by atoms with Crippen LogP contribution >= 0.6 is 11.3 Å². The molecule has 1 aliphatic heterocycles. The molecule has 1 aliphatic rings. The average Bonchev–Trinajstić information content (AvgIpc) is 3.30. The zero-order valence-corrected chi connectivity index (χ0v) is 17.0. The highest BCUT2D eigenvalue weighted by Crippen LogP contribution is 2.31. The zero-order valence-electron chi connectivity index (χ0n) is 15.4. The maximum atomic E-state index is 12.9. The van der Waals surface area contributed by atoms with Crippen LogP contribution in [0.25, 0.3) is 0 Å². The van der Waals surface area contributed by atoms with Gasteiger partial charge in [-0.25, -0.2) is 8.42 Å². The second-order valence-corrected chi connectivity index (χ2v) is 9.96. The van der Waals surface area contributed by atoms with E-state index in [4.69, 9.17) is 0 Å². The van der Waals surface area contributed by atoms with Crippen molar-refractivity contribution in [3.63, 3.8) is 0 Å². The predicted molar refractivity (Wildman–Crippen MR) is 103 cm³/mol. The molecular formula is C18H19F3N2O4S2. The quantitative estimate of drug-likeness (QED) is 0.730. The molecule has 1 N–H and O–H groups in total. The fraction of sp³-hybridized carbons (Fsp3) is 0.389. The number of alkyl halides is 3. The van der Waals surface area contributed by atoms with Gasteiger partial charge in [-0.1, -0.05) is 0 Å². The van der Waals surface area contributed by atoms with Gasteiger partial charge in [0.15, 0.2) is 6.61 Å². The number of sulfonamides is 1. The van der Waals surface area contributed by atoms with Crippen molar-refractivity contribution < 1.29 is 31.1 Å². The molecule has 1 unspecified atom stereocenters. The number of nitrogens with zero attached hydrogens (tertiary/aromatic N) is 1. The normalized spacial score (nSPS) is 18.0. The minimum Gasteiger partial charge on any atom is -0.484 e. The van der Waals surface area contributed by atoms with E-state index >= 15 is 0 Å². The van der Waals surface area contributed by atoms with Gasteiger partial charge in [-0.2, -0.15) is 17.5 Å². The van der Waals surface area contributed by atoms with Crippen LogP contribution in [0.3, 0.4) is 0 Å². The first kappa shape index (κ1) is 21.6. The number of rotatable bonds is 6. The van der Waals surface area contributed by atoms with Crippen molar-refractivity contribution in [2.45, 2.75) is 36.2 Å². The molecule has 0 saturated carbocycles. The Kier molecular flexibility index (Phi) is 6.20. The number of aryl methyl sites for hydroxylation is 1. The lowest BCUT2D eigenvalue weighted by Crippen LogP contribution is -2.42. The predicted octanol–water partition coefficient (Wildman–Crippen LogP) is 3.79. The molecule has 0 radical (unpaired) electrons. The lowest BCUT2D eigenvalue weighted by molar-refractivity contribution is -0.153. The number of nitrogens with one attached hydrogen (secondary N) is 1. The Bertz CT molecular complexity index is 972. The van der Waals surface area contributed by atoms with Crippen molar-refractivity contribution in [3.8, 4) is 5.75 Å². The molecule has 1 saturated heterocycles. The molecule has 1 aromatic carbocycles. The van der Waals surface area contributed by atoms with E-state index in [1.54, 1.807) is 13.0 Å². The molecule has 1 fully saturated rings. The number of carbonyl (C=O) groups is 1. The zero-order chi connectivity index (χ0) is 21.2. The highest BCUT2D eigenvalue weighted by Gasteiger charge is 2.40. The molecular weight excluding hydrogens is 429 g/mol. The van der Waals surface area contributed by atoms with Crippen LogP contribution in [0.1, 0.15) is 17.7 Å². The third kappa shape index (κ3) is 5.28. The summed E-state index contributed by atoms with van der Waals surface area (Å²) in [6, 6.07) is 7.81. The van der Waals surface area contributed by atoms with Crippen molar-refractivity contribution in [1.29, 1.82) is 0 Å². The number of benzene rings is 1. The van der Waals surface area contributed by atoms with E-state index in [1.165, 1.54) is 34.6 Å². The van der Waals surface area contributed by atoms with Gasteiger partial charge in [-0.3, -0.25) is 4.79 Å². The second-order valence-electron chi connectivity index (χ2n) is 6.56. The summed E-state index contributed by atoms with van der Waals surface area (Å²) in [5, 5.41) is 2.62. The van der Waals surface area contributed by atoms with Crippen molar-refractivity contribution in [1.82, 2.24) is 4.31 Å². The van der Waals surface area contributed by atoms with E-state index in [2.05, 4.69) is 10.1 Å². The number of hydrogen-bond donors (Lipinski definition) is 1. The van der Waals surface area contributed by atoms with Crippen LogP contribution < -0.4 is 10.1 Å². The van der Waals surface area contributed by atoms with E-state index in [-0.39, 0.29) is 16.5 Å². The number of halogens is 3. The van der Waals surface area contributed by atoms with Crippen LogP contribution in [0.5, 0.6) is 5.75 Å². The molecule has 2 aromatic rings. The lowest BCUT2D eigenvalue weighted by atomic mass is 10.2. The summed E-state index contributed by atoms with van der Waals surface area (Å²) in [7, 11) is -3.77. The minimum absolute atomic E-state index is 0.0125. The molecule has 29 heavy (non-hydrogen) atoms. The van der Waals surface area contributed by atoms with Gasteiger partial charge in [0, 0.05) is 17.1 Å². The highest BCUT2D eigenvalue weighted by molar-refractivity contribution is 7.91. The first-order valence-electron chi connectivity index (χ1n) is 8.75.